The van der Waals surface area contributed by atoms with E-state index in [0.29, 0.717) is 58.1 Å². The van der Waals surface area contributed by atoms with E-state index in [1.165, 1.54) is 4.31 Å². The number of sulfonamides is 1. The molecule has 1 aromatic rings. The van der Waals surface area contributed by atoms with Crippen molar-refractivity contribution in [2.24, 2.45) is 5.92 Å². The van der Waals surface area contributed by atoms with E-state index in [0.717, 1.165) is 18.4 Å². The number of nitrogens with zero attached hydrogens (tertiary/aromatic N) is 4. The van der Waals surface area contributed by atoms with Gasteiger partial charge in [-0.25, -0.2) is 12.7 Å². The first-order chi connectivity index (χ1) is 14.9. The summed E-state index contributed by atoms with van der Waals surface area (Å²) in [6.07, 6.45) is -2.19. The molecule has 2 heterocycles. The molecule has 0 aliphatic carbocycles. The molecular weight excluding hydrogens is 453 g/mol. The number of anilines is 1. The summed E-state index contributed by atoms with van der Waals surface area (Å²) in [5.41, 5.74) is -1.59. The summed E-state index contributed by atoms with van der Waals surface area (Å²) in [4.78, 5) is 26.8. The lowest BCUT2D eigenvalue weighted by Crippen LogP contribution is -2.44. The predicted molar refractivity (Wildman–Crippen MR) is 111 cm³/mol. The summed E-state index contributed by atoms with van der Waals surface area (Å²) < 4.78 is 63.6. The van der Waals surface area contributed by atoms with Crippen LogP contribution in [0.3, 0.4) is 0 Å². The van der Waals surface area contributed by atoms with E-state index in [1.54, 1.807) is 9.80 Å². The SMILES string of the molecule is CS(=O)(=O)N1CCCN(C(=O)C2CCN(c3ccc(C(F)(F)F)cc3[N+](=O)[O-])CC2)CC1. The molecular formula is C19H25F3N4O5S. The number of nitro groups is 1. The summed E-state index contributed by atoms with van der Waals surface area (Å²) in [5.74, 6) is -0.397. The van der Waals surface area contributed by atoms with E-state index < -0.39 is 32.4 Å². The molecule has 0 N–H and O–H groups in total. The number of rotatable bonds is 4. The van der Waals surface area contributed by atoms with Crippen molar-refractivity contribution in [1.29, 1.82) is 0 Å². The molecule has 2 fully saturated rings. The first kappa shape index (κ1) is 24.2. The molecule has 2 saturated heterocycles. The van der Waals surface area contributed by atoms with Crippen molar-refractivity contribution in [2.75, 3.05) is 50.4 Å². The second-order valence-corrected chi connectivity index (χ2v) is 10.0. The summed E-state index contributed by atoms with van der Waals surface area (Å²) in [5, 5.41) is 11.4. The van der Waals surface area contributed by atoms with Crippen molar-refractivity contribution in [3.8, 4) is 0 Å². The topological polar surface area (TPSA) is 104 Å². The number of nitro benzene ring substituents is 1. The fourth-order valence-electron chi connectivity index (χ4n) is 4.18. The Bertz CT molecular complexity index is 978. The molecule has 1 amide bonds. The third-order valence-electron chi connectivity index (χ3n) is 5.92. The van der Waals surface area contributed by atoms with Gasteiger partial charge in [0, 0.05) is 51.3 Å². The lowest BCUT2D eigenvalue weighted by molar-refractivity contribution is -0.384. The van der Waals surface area contributed by atoms with Crippen molar-refractivity contribution in [3.05, 3.63) is 33.9 Å². The Morgan fingerprint density at radius 2 is 1.75 bits per heavy atom. The molecule has 9 nitrogen and oxygen atoms in total. The Balaban J connectivity index is 1.65. The normalized spacial score (nSPS) is 19.6. The van der Waals surface area contributed by atoms with Crippen LogP contribution in [0, 0.1) is 16.0 Å². The summed E-state index contributed by atoms with van der Waals surface area (Å²) in [6, 6.07) is 2.47. The van der Waals surface area contributed by atoms with Gasteiger partial charge in [-0.05, 0) is 31.4 Å². The fraction of sp³-hybridized carbons (Fsp3) is 0.632. The minimum absolute atomic E-state index is 0.0816. The molecule has 178 valence electrons. The van der Waals surface area contributed by atoms with E-state index in [9.17, 15) is 36.5 Å². The predicted octanol–water partition coefficient (Wildman–Crippen LogP) is 2.32. The van der Waals surface area contributed by atoms with Crippen LogP contribution in [-0.4, -0.2) is 74.0 Å². The van der Waals surface area contributed by atoms with Gasteiger partial charge in [0.1, 0.15) is 5.69 Å². The van der Waals surface area contributed by atoms with Crippen LogP contribution in [0.15, 0.2) is 18.2 Å². The third-order valence-corrected chi connectivity index (χ3v) is 7.22. The smallest absolute Gasteiger partial charge is 0.366 e. The quantitative estimate of drug-likeness (QED) is 0.486. The number of piperidine rings is 1. The van der Waals surface area contributed by atoms with Crippen LogP contribution in [0.25, 0.3) is 0 Å². The van der Waals surface area contributed by atoms with E-state index in [4.69, 9.17) is 0 Å². The molecule has 32 heavy (non-hydrogen) atoms. The van der Waals surface area contributed by atoms with Crippen LogP contribution >= 0.6 is 0 Å². The highest BCUT2D eigenvalue weighted by molar-refractivity contribution is 7.88. The fourth-order valence-corrected chi connectivity index (χ4v) is 5.06. The van der Waals surface area contributed by atoms with Gasteiger partial charge in [0.15, 0.2) is 0 Å². The third kappa shape index (κ3) is 5.49. The molecule has 0 radical (unpaired) electrons. The largest absolute Gasteiger partial charge is 0.416 e. The van der Waals surface area contributed by atoms with Crippen molar-refractivity contribution in [2.45, 2.75) is 25.4 Å². The molecule has 2 aliphatic heterocycles. The Kier molecular flexibility index (Phi) is 6.98. The molecule has 0 unspecified atom stereocenters. The van der Waals surface area contributed by atoms with Gasteiger partial charge in [0.25, 0.3) is 5.69 Å². The van der Waals surface area contributed by atoms with Crippen LogP contribution in [0.4, 0.5) is 24.5 Å². The van der Waals surface area contributed by atoms with Crippen molar-refractivity contribution in [3.63, 3.8) is 0 Å². The van der Waals surface area contributed by atoms with Crippen LogP contribution < -0.4 is 4.90 Å². The molecule has 0 spiro atoms. The van der Waals surface area contributed by atoms with Crippen LogP contribution in [0.1, 0.15) is 24.8 Å². The van der Waals surface area contributed by atoms with Crippen molar-refractivity contribution >= 4 is 27.3 Å². The molecule has 13 heteroatoms. The number of amides is 1. The van der Waals surface area contributed by atoms with E-state index in [2.05, 4.69) is 0 Å². The molecule has 0 atom stereocenters. The van der Waals surface area contributed by atoms with E-state index in [-0.39, 0.29) is 24.1 Å². The molecule has 0 saturated carbocycles. The molecule has 0 aromatic heterocycles. The highest BCUT2D eigenvalue weighted by Gasteiger charge is 2.35. The lowest BCUT2D eigenvalue weighted by Gasteiger charge is -2.35. The Hall–Kier alpha value is -2.41. The van der Waals surface area contributed by atoms with Crippen molar-refractivity contribution in [1.82, 2.24) is 9.21 Å². The number of hydrogen-bond acceptors (Lipinski definition) is 6. The van der Waals surface area contributed by atoms with Crippen LogP contribution in [0.5, 0.6) is 0 Å². The summed E-state index contributed by atoms with van der Waals surface area (Å²) in [7, 11) is -3.32. The second-order valence-electron chi connectivity index (χ2n) is 8.06. The number of hydrogen-bond donors (Lipinski definition) is 0. The first-order valence-electron chi connectivity index (χ1n) is 10.2. The monoisotopic (exact) mass is 478 g/mol. The maximum atomic E-state index is 12.9. The van der Waals surface area contributed by atoms with Gasteiger partial charge in [0.05, 0.1) is 16.7 Å². The highest BCUT2D eigenvalue weighted by Crippen LogP contribution is 2.37. The molecule has 2 aliphatic rings. The second kappa shape index (κ2) is 9.22. The zero-order chi connectivity index (χ0) is 23.7. The molecule has 3 rings (SSSR count). The average molecular weight is 478 g/mol. The van der Waals surface area contributed by atoms with Gasteiger partial charge in [-0.2, -0.15) is 13.2 Å². The maximum Gasteiger partial charge on any atom is 0.416 e. The summed E-state index contributed by atoms with van der Waals surface area (Å²) in [6.45, 7) is 1.95. The minimum Gasteiger partial charge on any atom is -0.366 e. The zero-order valence-corrected chi connectivity index (χ0v) is 18.4. The number of alkyl halides is 3. The standard InChI is InChI=1S/C19H25F3N4O5S/c1-32(30,31)25-8-2-7-24(11-12-25)18(27)14-5-9-23(10-6-14)16-4-3-15(19(20,21)22)13-17(16)26(28)29/h3-4,13-14H,2,5-12H2,1H3. The van der Waals surface area contributed by atoms with E-state index >= 15 is 0 Å². The van der Waals surface area contributed by atoms with Gasteiger partial charge >= 0.3 is 6.18 Å². The van der Waals surface area contributed by atoms with Gasteiger partial charge in [-0.3, -0.25) is 14.9 Å². The number of benzene rings is 1. The van der Waals surface area contributed by atoms with Gasteiger partial charge in [-0.1, -0.05) is 0 Å². The van der Waals surface area contributed by atoms with Gasteiger partial charge in [-0.15, -0.1) is 0 Å². The molecule has 0 bridgehead atoms. The highest BCUT2D eigenvalue weighted by atomic mass is 32.2. The first-order valence-corrected chi connectivity index (χ1v) is 12.1. The summed E-state index contributed by atoms with van der Waals surface area (Å²) >= 11 is 0. The Labute approximate surface area is 184 Å². The van der Waals surface area contributed by atoms with Gasteiger partial charge < -0.3 is 9.80 Å². The van der Waals surface area contributed by atoms with Crippen LogP contribution in [0.2, 0.25) is 0 Å². The van der Waals surface area contributed by atoms with Gasteiger partial charge in [0.2, 0.25) is 15.9 Å². The average Bonchev–Trinajstić information content (AvgIpc) is 2.98. The lowest BCUT2D eigenvalue weighted by atomic mass is 9.94. The molecule has 1 aromatic carbocycles. The van der Waals surface area contributed by atoms with Crippen LogP contribution in [-0.2, 0) is 21.0 Å². The van der Waals surface area contributed by atoms with E-state index in [1.807, 2.05) is 0 Å². The van der Waals surface area contributed by atoms with Crippen molar-refractivity contribution < 1.29 is 31.3 Å². The number of carbonyl (C=O) groups is 1. The Morgan fingerprint density at radius 1 is 1.09 bits per heavy atom. The number of halogens is 3. The number of carbonyl (C=O) groups excluding carboxylic acids is 1. The zero-order valence-electron chi connectivity index (χ0n) is 17.5. The minimum atomic E-state index is -4.68. The Morgan fingerprint density at radius 3 is 2.31 bits per heavy atom. The maximum absolute atomic E-state index is 12.9.